The first-order chi connectivity index (χ1) is 13.9. The van der Waals surface area contributed by atoms with Crippen LogP contribution in [0.2, 0.25) is 0 Å². The summed E-state index contributed by atoms with van der Waals surface area (Å²) in [5.74, 6) is -0.457. The molecule has 0 atom stereocenters. The van der Waals surface area contributed by atoms with E-state index in [9.17, 15) is 14.7 Å². The summed E-state index contributed by atoms with van der Waals surface area (Å²) >= 11 is 3.22. The lowest BCUT2D eigenvalue weighted by atomic mass is 10.1. The van der Waals surface area contributed by atoms with Crippen LogP contribution in [0.1, 0.15) is 31.8 Å². The molecular weight excluding hydrogens is 434 g/mol. The first-order valence-electron chi connectivity index (χ1n) is 8.73. The Morgan fingerprint density at radius 2 is 1.72 bits per heavy atom. The van der Waals surface area contributed by atoms with Crippen molar-refractivity contribution in [2.75, 3.05) is 5.32 Å². The van der Waals surface area contributed by atoms with Gasteiger partial charge in [-0.3, -0.25) is 9.59 Å². The fourth-order valence-electron chi connectivity index (χ4n) is 2.56. The number of halogens is 1. The smallest absolute Gasteiger partial charge is 0.271 e. The minimum absolute atomic E-state index is 0.126. The van der Waals surface area contributed by atoms with Crippen LogP contribution in [0.25, 0.3) is 0 Å². The van der Waals surface area contributed by atoms with Crippen molar-refractivity contribution >= 4 is 39.6 Å². The molecule has 0 spiro atoms. The second-order valence-corrected chi connectivity index (χ2v) is 7.11. The van der Waals surface area contributed by atoms with Crippen molar-refractivity contribution in [1.29, 1.82) is 0 Å². The summed E-state index contributed by atoms with van der Waals surface area (Å²) in [6.45, 7) is 1.87. The Bertz CT molecular complexity index is 1080. The molecule has 0 radical (unpaired) electrons. The van der Waals surface area contributed by atoms with Crippen molar-refractivity contribution in [1.82, 2.24) is 5.43 Å². The van der Waals surface area contributed by atoms with Crippen molar-refractivity contribution in [2.24, 2.45) is 5.10 Å². The summed E-state index contributed by atoms with van der Waals surface area (Å²) in [5.41, 5.74) is 5.64. The molecule has 0 fully saturated rings. The molecular formula is C22H18BrN3O3. The summed E-state index contributed by atoms with van der Waals surface area (Å²) in [7, 11) is 0. The van der Waals surface area contributed by atoms with E-state index in [1.54, 1.807) is 42.5 Å². The van der Waals surface area contributed by atoms with E-state index in [1.165, 1.54) is 12.3 Å². The normalized spacial score (nSPS) is 10.7. The summed E-state index contributed by atoms with van der Waals surface area (Å²) < 4.78 is 0.538. The molecule has 146 valence electrons. The zero-order valence-corrected chi connectivity index (χ0v) is 17.1. The Labute approximate surface area is 176 Å². The quantitative estimate of drug-likeness (QED) is 0.394. The van der Waals surface area contributed by atoms with Gasteiger partial charge in [0, 0.05) is 16.8 Å². The van der Waals surface area contributed by atoms with Gasteiger partial charge in [0.05, 0.1) is 10.7 Å². The van der Waals surface area contributed by atoms with Gasteiger partial charge in [-0.25, -0.2) is 5.43 Å². The predicted molar refractivity (Wildman–Crippen MR) is 116 cm³/mol. The number of rotatable bonds is 5. The Morgan fingerprint density at radius 1 is 1.00 bits per heavy atom. The van der Waals surface area contributed by atoms with Crippen LogP contribution in [-0.4, -0.2) is 23.1 Å². The highest BCUT2D eigenvalue weighted by Crippen LogP contribution is 2.23. The molecule has 0 saturated carbocycles. The third-order valence-electron chi connectivity index (χ3n) is 4.15. The highest BCUT2D eigenvalue weighted by Gasteiger charge is 2.09. The van der Waals surface area contributed by atoms with E-state index >= 15 is 0 Å². The number of carbonyl (C=O) groups excluding carboxylic acids is 2. The van der Waals surface area contributed by atoms with Crippen molar-refractivity contribution in [3.05, 3.63) is 93.5 Å². The Morgan fingerprint density at radius 3 is 2.41 bits per heavy atom. The van der Waals surface area contributed by atoms with Gasteiger partial charge in [-0.1, -0.05) is 18.2 Å². The van der Waals surface area contributed by atoms with Crippen LogP contribution in [-0.2, 0) is 0 Å². The molecule has 3 rings (SSSR count). The van der Waals surface area contributed by atoms with Gasteiger partial charge < -0.3 is 10.4 Å². The van der Waals surface area contributed by atoms with Crippen molar-refractivity contribution in [2.45, 2.75) is 6.92 Å². The molecule has 2 amide bonds. The molecule has 6 nitrogen and oxygen atoms in total. The first-order valence-corrected chi connectivity index (χ1v) is 9.52. The van der Waals surface area contributed by atoms with Gasteiger partial charge in [0.25, 0.3) is 11.8 Å². The summed E-state index contributed by atoms with van der Waals surface area (Å²) in [6, 6.07) is 18.7. The second kappa shape index (κ2) is 9.16. The van der Waals surface area contributed by atoms with Crippen LogP contribution in [0.15, 0.2) is 76.3 Å². The second-order valence-electron chi connectivity index (χ2n) is 6.26. The Balaban J connectivity index is 1.60. The number of amides is 2. The van der Waals surface area contributed by atoms with Crippen molar-refractivity contribution in [3.8, 4) is 5.75 Å². The number of carbonyl (C=O) groups is 2. The number of hydrogen-bond acceptors (Lipinski definition) is 4. The van der Waals surface area contributed by atoms with Gasteiger partial charge in [-0.2, -0.15) is 5.10 Å². The molecule has 0 aliphatic heterocycles. The van der Waals surface area contributed by atoms with E-state index in [-0.39, 0.29) is 17.6 Å². The van der Waals surface area contributed by atoms with E-state index in [2.05, 4.69) is 31.8 Å². The lowest BCUT2D eigenvalue weighted by Crippen LogP contribution is -2.18. The summed E-state index contributed by atoms with van der Waals surface area (Å²) in [5, 5.41) is 16.2. The van der Waals surface area contributed by atoms with Gasteiger partial charge in [-0.05, 0) is 82.5 Å². The predicted octanol–water partition coefficient (Wildman–Crippen LogP) is 4.48. The molecule has 0 aliphatic carbocycles. The number of aryl methyl sites for hydroxylation is 1. The summed E-state index contributed by atoms with van der Waals surface area (Å²) in [6.07, 6.45) is 1.47. The van der Waals surface area contributed by atoms with E-state index < -0.39 is 0 Å². The number of nitrogens with zero attached hydrogens (tertiary/aromatic N) is 1. The van der Waals surface area contributed by atoms with E-state index in [0.717, 1.165) is 5.56 Å². The molecule has 3 aromatic rings. The molecule has 0 aliphatic rings. The van der Waals surface area contributed by atoms with E-state index in [0.29, 0.717) is 26.9 Å². The topological polar surface area (TPSA) is 90.8 Å². The SMILES string of the molecule is Cc1ccccc1C(=O)Nc1ccc(C(=O)N/N=C\c2ccc(O)c(Br)c2)cc1. The average Bonchev–Trinajstić information content (AvgIpc) is 2.71. The first kappa shape index (κ1) is 20.3. The molecule has 0 aromatic heterocycles. The van der Waals surface area contributed by atoms with Gasteiger partial charge in [0.1, 0.15) is 5.75 Å². The van der Waals surface area contributed by atoms with Gasteiger partial charge in [-0.15, -0.1) is 0 Å². The minimum atomic E-state index is -0.379. The lowest BCUT2D eigenvalue weighted by Gasteiger charge is -2.08. The number of hydrazone groups is 1. The van der Waals surface area contributed by atoms with Crippen LogP contribution in [0, 0.1) is 6.92 Å². The number of aromatic hydroxyl groups is 1. The van der Waals surface area contributed by atoms with Crippen LogP contribution in [0.3, 0.4) is 0 Å². The standard InChI is InChI=1S/C22H18BrN3O3/c1-14-4-2-3-5-18(14)22(29)25-17-9-7-16(8-10-17)21(28)26-24-13-15-6-11-20(27)19(23)12-15/h2-13,27H,1H3,(H,25,29)(H,26,28)/b24-13-. The summed E-state index contributed by atoms with van der Waals surface area (Å²) in [4.78, 5) is 24.5. The van der Waals surface area contributed by atoms with Crippen LogP contribution >= 0.6 is 15.9 Å². The van der Waals surface area contributed by atoms with E-state index in [1.807, 2.05) is 25.1 Å². The lowest BCUT2D eigenvalue weighted by molar-refractivity contribution is 0.0954. The number of phenolic OH excluding ortho intramolecular Hbond substituents is 1. The Hall–Kier alpha value is -3.45. The number of benzene rings is 3. The molecule has 0 bridgehead atoms. The van der Waals surface area contributed by atoms with E-state index in [4.69, 9.17) is 0 Å². The molecule has 3 N–H and O–H groups in total. The fourth-order valence-corrected chi connectivity index (χ4v) is 2.96. The minimum Gasteiger partial charge on any atom is -0.507 e. The van der Waals surface area contributed by atoms with Crippen molar-refractivity contribution < 1.29 is 14.7 Å². The highest BCUT2D eigenvalue weighted by atomic mass is 79.9. The largest absolute Gasteiger partial charge is 0.507 e. The maximum absolute atomic E-state index is 12.3. The third-order valence-corrected chi connectivity index (χ3v) is 4.78. The average molecular weight is 452 g/mol. The zero-order chi connectivity index (χ0) is 20.8. The van der Waals surface area contributed by atoms with Crippen LogP contribution in [0.5, 0.6) is 5.75 Å². The van der Waals surface area contributed by atoms with Crippen LogP contribution < -0.4 is 10.7 Å². The molecule has 29 heavy (non-hydrogen) atoms. The third kappa shape index (κ3) is 5.30. The molecule has 3 aromatic carbocycles. The number of hydrogen-bond donors (Lipinski definition) is 3. The number of anilines is 1. The maximum atomic E-state index is 12.3. The highest BCUT2D eigenvalue weighted by molar-refractivity contribution is 9.10. The number of nitrogens with one attached hydrogen (secondary N) is 2. The zero-order valence-electron chi connectivity index (χ0n) is 15.5. The van der Waals surface area contributed by atoms with Gasteiger partial charge in [0.15, 0.2) is 0 Å². The maximum Gasteiger partial charge on any atom is 0.271 e. The van der Waals surface area contributed by atoms with Crippen LogP contribution in [0.4, 0.5) is 5.69 Å². The van der Waals surface area contributed by atoms with Gasteiger partial charge >= 0.3 is 0 Å². The molecule has 7 heteroatoms. The number of phenols is 1. The van der Waals surface area contributed by atoms with Crippen molar-refractivity contribution in [3.63, 3.8) is 0 Å². The monoisotopic (exact) mass is 451 g/mol. The van der Waals surface area contributed by atoms with Gasteiger partial charge in [0.2, 0.25) is 0 Å². The molecule has 0 unspecified atom stereocenters. The Kier molecular flexibility index (Phi) is 6.41. The fraction of sp³-hybridized carbons (Fsp3) is 0.0455. The molecule has 0 saturated heterocycles. The molecule has 0 heterocycles.